The Balaban J connectivity index is 2.00. The van der Waals surface area contributed by atoms with Crippen LogP contribution in [0.3, 0.4) is 0 Å². The summed E-state index contributed by atoms with van der Waals surface area (Å²) >= 11 is 0. The molecule has 0 aromatic carbocycles. The lowest BCUT2D eigenvalue weighted by atomic mass is 9.94. The van der Waals surface area contributed by atoms with Gasteiger partial charge in [-0.05, 0) is 32.6 Å². The largest absolute Gasteiger partial charge is 0.339 e. The van der Waals surface area contributed by atoms with Gasteiger partial charge in [0.2, 0.25) is 5.96 Å². The van der Waals surface area contributed by atoms with Crippen LogP contribution in [0.1, 0.15) is 51.9 Å². The van der Waals surface area contributed by atoms with Crippen LogP contribution in [0, 0.1) is 0 Å². The Morgan fingerprint density at radius 3 is 2.44 bits per heavy atom. The summed E-state index contributed by atoms with van der Waals surface area (Å²) in [6.45, 7) is 3.19. The topological polar surface area (TPSA) is 53.6 Å². The van der Waals surface area contributed by atoms with E-state index in [1.54, 1.807) is 0 Å². The monoisotopic (exact) mass is 224 g/mol. The molecule has 0 aromatic heterocycles. The van der Waals surface area contributed by atoms with Crippen molar-refractivity contribution in [1.29, 1.82) is 0 Å². The Kier molecular flexibility index (Phi) is 4.04. The Morgan fingerprint density at radius 1 is 1.25 bits per heavy atom. The Bertz CT molecular complexity index is 241. The zero-order chi connectivity index (χ0) is 11.4. The molecule has 4 heteroatoms. The summed E-state index contributed by atoms with van der Waals surface area (Å²) in [5, 5.41) is 0. The lowest BCUT2D eigenvalue weighted by Gasteiger charge is -2.35. The highest BCUT2D eigenvalue weighted by atomic mass is 15.4. The molecule has 0 spiro atoms. The van der Waals surface area contributed by atoms with Gasteiger partial charge in [0, 0.05) is 12.6 Å². The first-order valence-corrected chi connectivity index (χ1v) is 6.66. The van der Waals surface area contributed by atoms with E-state index in [2.05, 4.69) is 22.2 Å². The number of rotatable bonds is 3. The molecule has 3 N–H and O–H groups in total. The van der Waals surface area contributed by atoms with E-state index in [9.17, 15) is 0 Å². The molecule has 92 valence electrons. The van der Waals surface area contributed by atoms with Gasteiger partial charge in [0.1, 0.15) is 0 Å². The second-order valence-corrected chi connectivity index (χ2v) is 4.91. The van der Waals surface area contributed by atoms with E-state index in [0.717, 1.165) is 12.5 Å². The summed E-state index contributed by atoms with van der Waals surface area (Å²) in [6, 6.07) is 1.18. The molecule has 0 radical (unpaired) electrons. The smallest absolute Gasteiger partial charge is 0.208 e. The van der Waals surface area contributed by atoms with E-state index in [4.69, 9.17) is 5.84 Å². The van der Waals surface area contributed by atoms with Crippen molar-refractivity contribution in [3.8, 4) is 0 Å². The highest BCUT2D eigenvalue weighted by Crippen LogP contribution is 2.26. The summed E-state index contributed by atoms with van der Waals surface area (Å²) in [5.41, 5.74) is 2.80. The SMILES string of the molecule is CCN(C(=NC1CC1)NN)C1CCCCC1. The van der Waals surface area contributed by atoms with Crippen molar-refractivity contribution in [1.82, 2.24) is 10.3 Å². The molecule has 2 saturated carbocycles. The van der Waals surface area contributed by atoms with E-state index >= 15 is 0 Å². The lowest BCUT2D eigenvalue weighted by molar-refractivity contribution is 0.245. The van der Waals surface area contributed by atoms with E-state index in [-0.39, 0.29) is 0 Å². The van der Waals surface area contributed by atoms with Gasteiger partial charge in [-0.3, -0.25) is 5.43 Å². The van der Waals surface area contributed by atoms with Gasteiger partial charge in [0.15, 0.2) is 0 Å². The average molecular weight is 224 g/mol. The maximum absolute atomic E-state index is 5.61. The quantitative estimate of drug-likeness (QED) is 0.331. The fourth-order valence-electron chi connectivity index (χ4n) is 2.54. The third kappa shape index (κ3) is 2.88. The molecule has 2 aliphatic rings. The molecule has 0 aromatic rings. The minimum absolute atomic E-state index is 0.531. The number of nitrogens with zero attached hydrogens (tertiary/aromatic N) is 2. The van der Waals surface area contributed by atoms with Gasteiger partial charge < -0.3 is 4.90 Å². The van der Waals surface area contributed by atoms with Crippen LogP contribution < -0.4 is 11.3 Å². The summed E-state index contributed by atoms with van der Waals surface area (Å²) in [6.07, 6.45) is 9.13. The van der Waals surface area contributed by atoms with Crippen LogP contribution in [-0.2, 0) is 0 Å². The van der Waals surface area contributed by atoms with Gasteiger partial charge >= 0.3 is 0 Å². The number of hydrazine groups is 1. The van der Waals surface area contributed by atoms with Gasteiger partial charge in [-0.1, -0.05) is 19.3 Å². The number of hydrogen-bond acceptors (Lipinski definition) is 2. The predicted octanol–water partition coefficient (Wildman–Crippen LogP) is 1.62. The number of nitrogens with one attached hydrogen (secondary N) is 1. The van der Waals surface area contributed by atoms with Crippen LogP contribution in [0.4, 0.5) is 0 Å². The molecule has 2 fully saturated rings. The van der Waals surface area contributed by atoms with Crippen molar-refractivity contribution in [3.63, 3.8) is 0 Å². The standard InChI is InChI=1S/C12H24N4/c1-2-16(11-6-4-3-5-7-11)12(15-13)14-10-8-9-10/h10-11H,2-9,13H2,1H3,(H,14,15). The zero-order valence-corrected chi connectivity index (χ0v) is 10.3. The molecule has 4 nitrogen and oxygen atoms in total. The van der Waals surface area contributed by atoms with Crippen LogP contribution in [0.5, 0.6) is 0 Å². The second-order valence-electron chi connectivity index (χ2n) is 4.91. The van der Waals surface area contributed by atoms with Crippen molar-refractivity contribution in [2.75, 3.05) is 6.54 Å². The lowest BCUT2D eigenvalue weighted by Crippen LogP contribution is -2.50. The van der Waals surface area contributed by atoms with Crippen LogP contribution in [-0.4, -0.2) is 29.5 Å². The van der Waals surface area contributed by atoms with Gasteiger partial charge in [-0.2, -0.15) is 0 Å². The van der Waals surface area contributed by atoms with Gasteiger partial charge in [-0.25, -0.2) is 10.8 Å². The molecule has 16 heavy (non-hydrogen) atoms. The van der Waals surface area contributed by atoms with Crippen LogP contribution in [0.2, 0.25) is 0 Å². The first-order valence-electron chi connectivity index (χ1n) is 6.66. The molecule has 2 rings (SSSR count). The van der Waals surface area contributed by atoms with Crippen molar-refractivity contribution >= 4 is 5.96 Å². The van der Waals surface area contributed by atoms with Crippen LogP contribution in [0.25, 0.3) is 0 Å². The molecule has 0 unspecified atom stereocenters. The Morgan fingerprint density at radius 2 is 1.94 bits per heavy atom. The van der Waals surface area contributed by atoms with Gasteiger partial charge in [-0.15, -0.1) is 0 Å². The first kappa shape index (κ1) is 11.7. The first-order chi connectivity index (χ1) is 7.85. The minimum atomic E-state index is 0.531. The van der Waals surface area contributed by atoms with Crippen molar-refractivity contribution in [2.45, 2.75) is 64.0 Å². The maximum atomic E-state index is 5.61. The number of nitrogens with two attached hydrogens (primary N) is 1. The predicted molar refractivity (Wildman–Crippen MR) is 67.0 cm³/mol. The molecule has 0 atom stereocenters. The average Bonchev–Trinajstić information content (AvgIpc) is 3.14. The molecule has 2 aliphatic carbocycles. The fraction of sp³-hybridized carbons (Fsp3) is 0.917. The maximum Gasteiger partial charge on any atom is 0.208 e. The van der Waals surface area contributed by atoms with Crippen LogP contribution in [0.15, 0.2) is 4.99 Å². The summed E-state index contributed by atoms with van der Waals surface area (Å²) < 4.78 is 0. The van der Waals surface area contributed by atoms with Crippen LogP contribution >= 0.6 is 0 Å². The van der Waals surface area contributed by atoms with Crippen molar-refractivity contribution < 1.29 is 0 Å². The van der Waals surface area contributed by atoms with E-state index in [1.807, 2.05) is 0 Å². The zero-order valence-electron chi connectivity index (χ0n) is 10.3. The van der Waals surface area contributed by atoms with E-state index in [0.29, 0.717) is 12.1 Å². The second kappa shape index (κ2) is 5.53. The van der Waals surface area contributed by atoms with E-state index < -0.39 is 0 Å². The Hall–Kier alpha value is -0.770. The molecule has 0 saturated heterocycles. The van der Waals surface area contributed by atoms with Gasteiger partial charge in [0.05, 0.1) is 6.04 Å². The third-order valence-electron chi connectivity index (χ3n) is 3.61. The molecule has 0 aliphatic heterocycles. The highest BCUT2D eigenvalue weighted by molar-refractivity contribution is 5.80. The molecule has 0 heterocycles. The highest BCUT2D eigenvalue weighted by Gasteiger charge is 2.26. The van der Waals surface area contributed by atoms with E-state index in [1.165, 1.54) is 44.9 Å². The Labute approximate surface area is 98.3 Å². The molecule has 0 amide bonds. The minimum Gasteiger partial charge on any atom is -0.339 e. The molecule has 0 bridgehead atoms. The summed E-state index contributed by atoms with van der Waals surface area (Å²) in [4.78, 5) is 7.02. The van der Waals surface area contributed by atoms with Crippen molar-refractivity contribution in [2.24, 2.45) is 10.8 Å². The van der Waals surface area contributed by atoms with Crippen molar-refractivity contribution in [3.05, 3.63) is 0 Å². The molecular weight excluding hydrogens is 200 g/mol. The molecular formula is C12H24N4. The number of aliphatic imine (C=N–C) groups is 1. The fourth-order valence-corrected chi connectivity index (χ4v) is 2.54. The summed E-state index contributed by atoms with van der Waals surface area (Å²) in [5.74, 6) is 6.52. The summed E-state index contributed by atoms with van der Waals surface area (Å²) in [7, 11) is 0. The number of guanidine groups is 1. The number of hydrogen-bond donors (Lipinski definition) is 2. The van der Waals surface area contributed by atoms with Gasteiger partial charge in [0.25, 0.3) is 0 Å². The third-order valence-corrected chi connectivity index (χ3v) is 3.61. The normalized spacial score (nSPS) is 23.2.